The second kappa shape index (κ2) is 6.86. The lowest BCUT2D eigenvalue weighted by molar-refractivity contribution is -0.146. The fourth-order valence-electron chi connectivity index (χ4n) is 1.14. The molecule has 0 radical (unpaired) electrons. The lowest BCUT2D eigenvalue weighted by Gasteiger charge is -2.12. The zero-order chi connectivity index (χ0) is 13.7. The molecule has 1 aromatic carbocycles. The van der Waals surface area contributed by atoms with Gasteiger partial charge in [0.1, 0.15) is 0 Å². The summed E-state index contributed by atoms with van der Waals surface area (Å²) in [6.45, 7) is 1.83. The third-order valence-corrected chi connectivity index (χ3v) is 3.16. The Morgan fingerprint density at radius 3 is 2.67 bits per heavy atom. The minimum atomic E-state index is -1.33. The average Bonchev–Trinajstić information content (AvgIpc) is 2.32. The molecule has 18 heavy (non-hydrogen) atoms. The number of nitrogens with two attached hydrogens (primary N) is 1. The maximum Gasteiger partial charge on any atom is 0.332 e. The van der Waals surface area contributed by atoms with E-state index in [-0.39, 0.29) is 6.61 Å². The Hall–Kier alpha value is -0.920. The van der Waals surface area contributed by atoms with Crippen LogP contribution in [-0.2, 0) is 14.3 Å². The van der Waals surface area contributed by atoms with Gasteiger partial charge in [-0.1, -0.05) is 15.9 Å². The Morgan fingerprint density at radius 2 is 2.11 bits per heavy atom. The van der Waals surface area contributed by atoms with Crippen LogP contribution in [-0.4, -0.2) is 24.5 Å². The molecule has 1 atom stereocenters. The highest BCUT2D eigenvalue weighted by Gasteiger charge is 2.23. The standard InChI is InChI=1S/C11H12Br2N2O3/c1-2-18-11(17)9(14)10(16)15-8-4-3-6(12)5-7(8)13/h3-5,9H,2,14H2,1H3,(H,15,16). The van der Waals surface area contributed by atoms with E-state index in [1.165, 1.54) is 0 Å². The molecule has 0 saturated carbocycles. The summed E-state index contributed by atoms with van der Waals surface area (Å²) in [6.07, 6.45) is 0. The molecule has 0 bridgehead atoms. The number of hydrogen-bond acceptors (Lipinski definition) is 4. The number of esters is 1. The van der Waals surface area contributed by atoms with E-state index in [2.05, 4.69) is 41.9 Å². The van der Waals surface area contributed by atoms with Gasteiger partial charge in [-0.05, 0) is 41.1 Å². The number of ether oxygens (including phenoxy) is 1. The van der Waals surface area contributed by atoms with Gasteiger partial charge in [0.05, 0.1) is 12.3 Å². The maximum atomic E-state index is 11.7. The molecule has 1 unspecified atom stereocenters. The van der Waals surface area contributed by atoms with E-state index < -0.39 is 17.9 Å². The summed E-state index contributed by atoms with van der Waals surface area (Å²) in [5.41, 5.74) is 5.99. The third kappa shape index (κ3) is 4.08. The molecule has 98 valence electrons. The summed E-state index contributed by atoms with van der Waals surface area (Å²) in [7, 11) is 0. The molecule has 1 aromatic rings. The van der Waals surface area contributed by atoms with Gasteiger partial charge >= 0.3 is 5.97 Å². The van der Waals surface area contributed by atoms with Crippen LogP contribution in [0, 0.1) is 0 Å². The van der Waals surface area contributed by atoms with Crippen LogP contribution in [0.3, 0.4) is 0 Å². The van der Waals surface area contributed by atoms with Crippen molar-refractivity contribution in [2.75, 3.05) is 11.9 Å². The molecule has 0 aliphatic heterocycles. The number of carbonyl (C=O) groups is 2. The molecule has 0 heterocycles. The molecular formula is C11H12Br2N2O3. The summed E-state index contributed by atoms with van der Waals surface area (Å²) >= 11 is 6.58. The van der Waals surface area contributed by atoms with Gasteiger partial charge in [-0.25, -0.2) is 4.79 Å². The Kier molecular flexibility index (Phi) is 5.77. The second-order valence-electron chi connectivity index (χ2n) is 3.34. The lowest BCUT2D eigenvalue weighted by atomic mass is 10.2. The molecular weight excluding hydrogens is 368 g/mol. The molecule has 1 amide bonds. The van der Waals surface area contributed by atoms with Gasteiger partial charge in [0.15, 0.2) is 6.04 Å². The Morgan fingerprint density at radius 1 is 1.44 bits per heavy atom. The molecule has 0 aliphatic carbocycles. The molecule has 0 aromatic heterocycles. The van der Waals surface area contributed by atoms with Gasteiger partial charge in [0.2, 0.25) is 0 Å². The first-order valence-corrected chi connectivity index (χ1v) is 6.72. The van der Waals surface area contributed by atoms with E-state index in [1.807, 2.05) is 0 Å². The zero-order valence-corrected chi connectivity index (χ0v) is 12.7. The fraction of sp³-hybridized carbons (Fsp3) is 0.273. The Balaban J connectivity index is 2.72. The minimum Gasteiger partial charge on any atom is -0.464 e. The van der Waals surface area contributed by atoms with Gasteiger partial charge in [0.25, 0.3) is 5.91 Å². The van der Waals surface area contributed by atoms with Crippen molar-refractivity contribution >= 4 is 49.4 Å². The lowest BCUT2D eigenvalue weighted by Crippen LogP contribution is -2.43. The molecule has 3 N–H and O–H groups in total. The number of carbonyl (C=O) groups excluding carboxylic acids is 2. The molecule has 5 nitrogen and oxygen atoms in total. The third-order valence-electron chi connectivity index (χ3n) is 2.01. The first-order chi connectivity index (χ1) is 8.45. The highest BCUT2D eigenvalue weighted by molar-refractivity contribution is 9.11. The summed E-state index contributed by atoms with van der Waals surface area (Å²) in [6, 6.07) is 3.88. The Bertz CT molecular complexity index is 466. The van der Waals surface area contributed by atoms with Crippen LogP contribution >= 0.6 is 31.9 Å². The minimum absolute atomic E-state index is 0.182. The number of rotatable bonds is 4. The van der Waals surface area contributed by atoms with Crippen LogP contribution in [0.25, 0.3) is 0 Å². The van der Waals surface area contributed by atoms with Crippen LogP contribution in [0.1, 0.15) is 6.92 Å². The smallest absolute Gasteiger partial charge is 0.332 e. The molecule has 0 fully saturated rings. The van der Waals surface area contributed by atoms with E-state index in [9.17, 15) is 9.59 Å². The van der Waals surface area contributed by atoms with Crippen LogP contribution < -0.4 is 11.1 Å². The van der Waals surface area contributed by atoms with Crippen molar-refractivity contribution in [3.8, 4) is 0 Å². The predicted molar refractivity (Wildman–Crippen MR) is 75.1 cm³/mol. The highest BCUT2D eigenvalue weighted by atomic mass is 79.9. The van der Waals surface area contributed by atoms with Crippen molar-refractivity contribution < 1.29 is 14.3 Å². The van der Waals surface area contributed by atoms with Gasteiger partial charge in [-0.2, -0.15) is 0 Å². The van der Waals surface area contributed by atoms with Gasteiger partial charge in [-0.15, -0.1) is 0 Å². The predicted octanol–water partition coefficient (Wildman–Crippen LogP) is 2.04. The summed E-state index contributed by atoms with van der Waals surface area (Å²) in [5, 5.41) is 2.54. The summed E-state index contributed by atoms with van der Waals surface area (Å²) < 4.78 is 6.21. The summed E-state index contributed by atoms with van der Waals surface area (Å²) in [4.78, 5) is 23.0. The fourth-order valence-corrected chi connectivity index (χ4v) is 2.29. The first kappa shape index (κ1) is 15.1. The molecule has 0 saturated heterocycles. The number of benzene rings is 1. The molecule has 7 heteroatoms. The number of nitrogens with one attached hydrogen (secondary N) is 1. The monoisotopic (exact) mass is 378 g/mol. The zero-order valence-electron chi connectivity index (χ0n) is 9.57. The largest absolute Gasteiger partial charge is 0.464 e. The quantitative estimate of drug-likeness (QED) is 0.619. The van der Waals surface area contributed by atoms with Crippen LogP contribution in [0.5, 0.6) is 0 Å². The van der Waals surface area contributed by atoms with Crippen molar-refractivity contribution in [3.05, 3.63) is 27.1 Å². The van der Waals surface area contributed by atoms with Gasteiger partial charge in [-0.3, -0.25) is 4.79 Å². The topological polar surface area (TPSA) is 81.4 Å². The van der Waals surface area contributed by atoms with Crippen molar-refractivity contribution in [2.24, 2.45) is 5.73 Å². The van der Waals surface area contributed by atoms with E-state index >= 15 is 0 Å². The van der Waals surface area contributed by atoms with Crippen molar-refractivity contribution in [2.45, 2.75) is 13.0 Å². The van der Waals surface area contributed by atoms with Crippen LogP contribution in [0.4, 0.5) is 5.69 Å². The van der Waals surface area contributed by atoms with E-state index in [0.717, 1.165) is 4.47 Å². The second-order valence-corrected chi connectivity index (χ2v) is 5.11. The SMILES string of the molecule is CCOC(=O)C(N)C(=O)Nc1ccc(Br)cc1Br. The molecule has 0 spiro atoms. The summed E-state index contributed by atoms with van der Waals surface area (Å²) in [5.74, 6) is -1.36. The average molecular weight is 380 g/mol. The van der Waals surface area contributed by atoms with Gasteiger partial charge < -0.3 is 15.8 Å². The normalized spacial score (nSPS) is 11.8. The van der Waals surface area contributed by atoms with E-state index in [1.54, 1.807) is 25.1 Å². The molecule has 0 aliphatic rings. The highest BCUT2D eigenvalue weighted by Crippen LogP contribution is 2.26. The number of anilines is 1. The first-order valence-electron chi connectivity index (χ1n) is 5.13. The number of halogens is 2. The van der Waals surface area contributed by atoms with Crippen LogP contribution in [0.2, 0.25) is 0 Å². The van der Waals surface area contributed by atoms with Crippen molar-refractivity contribution in [1.82, 2.24) is 0 Å². The number of amides is 1. The maximum absolute atomic E-state index is 11.7. The number of hydrogen-bond donors (Lipinski definition) is 2. The van der Waals surface area contributed by atoms with E-state index in [0.29, 0.717) is 10.2 Å². The van der Waals surface area contributed by atoms with Gasteiger partial charge in [0, 0.05) is 8.95 Å². The molecule has 1 rings (SSSR count). The van der Waals surface area contributed by atoms with E-state index in [4.69, 9.17) is 5.73 Å². The van der Waals surface area contributed by atoms with Crippen molar-refractivity contribution in [3.63, 3.8) is 0 Å². The van der Waals surface area contributed by atoms with Crippen molar-refractivity contribution in [1.29, 1.82) is 0 Å². The van der Waals surface area contributed by atoms with Crippen LogP contribution in [0.15, 0.2) is 27.1 Å². The Labute approximate surface area is 121 Å².